The third-order valence-corrected chi connectivity index (χ3v) is 5.38. The standard InChI is InChI=1S/C14H28N2OS.ClH/c1-17-9-8-16(14-3-2-10-18-12-14)11-13-4-6-15-7-5-13;/h13-15H,2-12H2,1H3;1H. The number of methoxy groups -OCH3 is 1. The highest BCUT2D eigenvalue weighted by atomic mass is 35.5. The molecule has 2 aliphatic heterocycles. The van der Waals surface area contributed by atoms with Crippen LogP contribution in [0.5, 0.6) is 0 Å². The first-order valence-corrected chi connectivity index (χ1v) is 8.57. The zero-order valence-corrected chi connectivity index (χ0v) is 13.7. The number of nitrogens with zero attached hydrogens (tertiary/aromatic N) is 1. The number of hydrogen-bond donors (Lipinski definition) is 1. The summed E-state index contributed by atoms with van der Waals surface area (Å²) in [5, 5.41) is 3.46. The molecule has 0 aliphatic carbocycles. The van der Waals surface area contributed by atoms with Crippen LogP contribution in [-0.2, 0) is 4.74 Å². The van der Waals surface area contributed by atoms with Crippen molar-refractivity contribution in [1.82, 2.24) is 10.2 Å². The van der Waals surface area contributed by atoms with Crippen LogP contribution in [0.3, 0.4) is 0 Å². The normalized spacial score (nSPS) is 25.3. The van der Waals surface area contributed by atoms with Crippen molar-refractivity contribution in [3.63, 3.8) is 0 Å². The fourth-order valence-corrected chi connectivity index (χ4v) is 4.23. The molecule has 0 amide bonds. The second-order valence-corrected chi connectivity index (χ2v) is 6.70. The number of ether oxygens (including phenoxy) is 1. The van der Waals surface area contributed by atoms with Crippen LogP contribution in [0.4, 0.5) is 0 Å². The quantitative estimate of drug-likeness (QED) is 0.813. The van der Waals surface area contributed by atoms with Gasteiger partial charge in [-0.2, -0.15) is 11.8 Å². The van der Waals surface area contributed by atoms with E-state index in [1.54, 1.807) is 0 Å². The minimum atomic E-state index is 0. The molecule has 0 spiro atoms. The Morgan fingerprint density at radius 1 is 1.26 bits per heavy atom. The number of halogens is 1. The molecule has 1 unspecified atom stereocenters. The summed E-state index contributed by atoms with van der Waals surface area (Å²) in [6, 6.07) is 0.800. The molecule has 0 aromatic carbocycles. The van der Waals surface area contributed by atoms with Gasteiger partial charge in [0.05, 0.1) is 6.61 Å². The van der Waals surface area contributed by atoms with Crippen LogP contribution in [0, 0.1) is 5.92 Å². The molecular weight excluding hydrogens is 280 g/mol. The summed E-state index contributed by atoms with van der Waals surface area (Å²) >= 11 is 2.13. The molecule has 2 aliphatic rings. The maximum absolute atomic E-state index is 5.29. The Labute approximate surface area is 128 Å². The van der Waals surface area contributed by atoms with Crippen molar-refractivity contribution >= 4 is 24.2 Å². The van der Waals surface area contributed by atoms with Gasteiger partial charge >= 0.3 is 0 Å². The van der Waals surface area contributed by atoms with Crippen LogP contribution in [0.15, 0.2) is 0 Å². The fraction of sp³-hybridized carbons (Fsp3) is 1.00. The largest absolute Gasteiger partial charge is 0.383 e. The summed E-state index contributed by atoms with van der Waals surface area (Å²) in [4.78, 5) is 2.71. The van der Waals surface area contributed by atoms with E-state index in [-0.39, 0.29) is 12.4 Å². The van der Waals surface area contributed by atoms with Gasteiger partial charge in [0, 0.05) is 32.0 Å². The maximum Gasteiger partial charge on any atom is 0.0589 e. The second kappa shape index (κ2) is 10.3. The Hall–Kier alpha value is 0.520. The van der Waals surface area contributed by atoms with Crippen molar-refractivity contribution in [2.45, 2.75) is 31.7 Å². The lowest BCUT2D eigenvalue weighted by Crippen LogP contribution is -2.45. The van der Waals surface area contributed by atoms with Crippen molar-refractivity contribution in [2.24, 2.45) is 5.92 Å². The van der Waals surface area contributed by atoms with Gasteiger partial charge in [0.25, 0.3) is 0 Å². The molecule has 0 radical (unpaired) electrons. The molecule has 3 nitrogen and oxygen atoms in total. The van der Waals surface area contributed by atoms with E-state index in [2.05, 4.69) is 22.0 Å². The molecular formula is C14H29ClN2OS. The van der Waals surface area contributed by atoms with Crippen molar-refractivity contribution in [1.29, 1.82) is 0 Å². The average Bonchev–Trinajstić information content (AvgIpc) is 2.45. The summed E-state index contributed by atoms with van der Waals surface area (Å²) < 4.78 is 5.29. The molecule has 2 heterocycles. The number of nitrogens with one attached hydrogen (secondary N) is 1. The van der Waals surface area contributed by atoms with Gasteiger partial charge in [0.15, 0.2) is 0 Å². The lowest BCUT2D eigenvalue weighted by molar-refractivity contribution is 0.102. The van der Waals surface area contributed by atoms with Gasteiger partial charge in [0.1, 0.15) is 0 Å². The van der Waals surface area contributed by atoms with E-state index >= 15 is 0 Å². The van der Waals surface area contributed by atoms with E-state index < -0.39 is 0 Å². The summed E-state index contributed by atoms with van der Waals surface area (Å²) in [7, 11) is 1.82. The highest BCUT2D eigenvalue weighted by Crippen LogP contribution is 2.24. The third kappa shape index (κ3) is 6.21. The van der Waals surface area contributed by atoms with E-state index in [0.29, 0.717) is 0 Å². The Morgan fingerprint density at radius 3 is 2.68 bits per heavy atom. The van der Waals surface area contributed by atoms with Crippen LogP contribution in [-0.4, -0.2) is 62.3 Å². The number of piperidine rings is 1. The third-order valence-electron chi connectivity index (χ3n) is 4.19. The van der Waals surface area contributed by atoms with Crippen molar-refractivity contribution in [2.75, 3.05) is 51.4 Å². The van der Waals surface area contributed by atoms with Gasteiger partial charge in [-0.3, -0.25) is 4.90 Å². The van der Waals surface area contributed by atoms with Crippen molar-refractivity contribution in [3.05, 3.63) is 0 Å². The van der Waals surface area contributed by atoms with Gasteiger partial charge in [-0.15, -0.1) is 12.4 Å². The van der Waals surface area contributed by atoms with Crippen molar-refractivity contribution in [3.8, 4) is 0 Å². The minimum absolute atomic E-state index is 0. The molecule has 2 fully saturated rings. The SMILES string of the molecule is COCCN(CC1CCNCC1)C1CCCSC1.Cl. The smallest absolute Gasteiger partial charge is 0.0589 e. The Bertz CT molecular complexity index is 221. The van der Waals surface area contributed by atoms with Crippen molar-refractivity contribution < 1.29 is 4.74 Å². The lowest BCUT2D eigenvalue weighted by Gasteiger charge is -2.37. The summed E-state index contributed by atoms with van der Waals surface area (Å²) in [6.45, 7) is 5.71. The minimum Gasteiger partial charge on any atom is -0.383 e. The Morgan fingerprint density at radius 2 is 2.05 bits per heavy atom. The highest BCUT2D eigenvalue weighted by molar-refractivity contribution is 7.99. The molecule has 2 rings (SSSR count). The molecule has 1 N–H and O–H groups in total. The number of thioether (sulfide) groups is 1. The van der Waals surface area contributed by atoms with E-state index in [0.717, 1.165) is 25.1 Å². The van der Waals surface area contributed by atoms with Gasteiger partial charge < -0.3 is 10.1 Å². The fourth-order valence-electron chi connectivity index (χ4n) is 3.04. The van der Waals surface area contributed by atoms with E-state index in [1.807, 2.05) is 7.11 Å². The predicted octanol–water partition coefficient (Wildman–Crippen LogP) is 2.25. The topological polar surface area (TPSA) is 24.5 Å². The molecule has 0 aromatic rings. The summed E-state index contributed by atoms with van der Waals surface area (Å²) in [6.07, 6.45) is 5.49. The maximum atomic E-state index is 5.29. The van der Waals surface area contributed by atoms with Crippen LogP contribution >= 0.6 is 24.2 Å². The van der Waals surface area contributed by atoms with E-state index in [9.17, 15) is 0 Å². The molecule has 0 bridgehead atoms. The first-order chi connectivity index (χ1) is 8.90. The van der Waals surface area contributed by atoms with Gasteiger partial charge in [-0.1, -0.05) is 0 Å². The molecule has 0 aromatic heterocycles. The second-order valence-electron chi connectivity index (χ2n) is 5.55. The Kier molecular flexibility index (Phi) is 9.50. The van der Waals surface area contributed by atoms with Gasteiger partial charge in [0.2, 0.25) is 0 Å². The monoisotopic (exact) mass is 308 g/mol. The lowest BCUT2D eigenvalue weighted by atomic mass is 9.96. The zero-order valence-electron chi connectivity index (χ0n) is 12.1. The molecule has 114 valence electrons. The van der Waals surface area contributed by atoms with Crippen LogP contribution in [0.2, 0.25) is 0 Å². The van der Waals surface area contributed by atoms with Crippen LogP contribution < -0.4 is 5.32 Å². The zero-order chi connectivity index (χ0) is 12.6. The summed E-state index contributed by atoms with van der Waals surface area (Å²) in [5.41, 5.74) is 0. The van der Waals surface area contributed by atoms with Crippen LogP contribution in [0.25, 0.3) is 0 Å². The highest BCUT2D eigenvalue weighted by Gasteiger charge is 2.24. The number of hydrogen-bond acceptors (Lipinski definition) is 4. The first-order valence-electron chi connectivity index (χ1n) is 7.41. The Balaban J connectivity index is 0.00000180. The average molecular weight is 309 g/mol. The van der Waals surface area contributed by atoms with E-state index in [1.165, 1.54) is 56.8 Å². The summed E-state index contributed by atoms with van der Waals surface area (Å²) in [5.74, 6) is 3.59. The van der Waals surface area contributed by atoms with Gasteiger partial charge in [-0.25, -0.2) is 0 Å². The van der Waals surface area contributed by atoms with Gasteiger partial charge in [-0.05, 0) is 50.4 Å². The molecule has 0 saturated carbocycles. The molecule has 5 heteroatoms. The molecule has 1 atom stereocenters. The van der Waals surface area contributed by atoms with Crippen LogP contribution in [0.1, 0.15) is 25.7 Å². The van der Waals surface area contributed by atoms with E-state index in [4.69, 9.17) is 4.74 Å². The molecule has 2 saturated heterocycles. The number of rotatable bonds is 6. The molecule has 19 heavy (non-hydrogen) atoms. The predicted molar refractivity (Wildman–Crippen MR) is 86.6 cm³/mol. The first kappa shape index (κ1) is 17.6.